The maximum Gasteiger partial charge on any atom is 0.328 e. The summed E-state index contributed by atoms with van der Waals surface area (Å²) in [5.74, 6) is -0.821. The second kappa shape index (κ2) is 8.77. The Morgan fingerprint density at radius 2 is 2.04 bits per heavy atom. The van der Waals surface area contributed by atoms with Crippen LogP contribution in [-0.4, -0.2) is 35.2 Å². The molecule has 3 rings (SSSR count). The van der Waals surface area contributed by atoms with Crippen molar-refractivity contribution in [3.63, 3.8) is 0 Å². The third kappa shape index (κ3) is 4.48. The molecule has 1 fully saturated rings. The van der Waals surface area contributed by atoms with Crippen LogP contribution in [0.4, 0.5) is 4.79 Å². The Morgan fingerprint density at radius 1 is 1.36 bits per heavy atom. The minimum atomic E-state index is -0.997. The lowest BCUT2D eigenvalue weighted by Gasteiger charge is -2.18. The summed E-state index contributed by atoms with van der Waals surface area (Å²) in [6, 6.07) is 7.99. The summed E-state index contributed by atoms with van der Waals surface area (Å²) < 4.78 is 11.1. The molecule has 6 nitrogen and oxygen atoms in total. The Bertz CT molecular complexity index is 973. The number of methoxy groups -OCH3 is 1. The summed E-state index contributed by atoms with van der Waals surface area (Å²) in [5.41, 5.74) is 0. The summed E-state index contributed by atoms with van der Waals surface area (Å²) in [6.45, 7) is 1.44. The fraction of sp³-hybridized carbons (Fsp3) is 0.167. The van der Waals surface area contributed by atoms with Crippen LogP contribution in [0.1, 0.15) is 12.7 Å². The van der Waals surface area contributed by atoms with Crippen molar-refractivity contribution in [2.24, 2.45) is 0 Å². The van der Waals surface area contributed by atoms with Crippen molar-refractivity contribution >= 4 is 74.2 Å². The topological polar surface area (TPSA) is 76.8 Å². The van der Waals surface area contributed by atoms with Gasteiger partial charge in [0.25, 0.3) is 11.1 Å². The molecular weight excluding hydrogens is 490 g/mol. The average molecular weight is 503 g/mol. The van der Waals surface area contributed by atoms with Gasteiger partial charge in [-0.1, -0.05) is 23.4 Å². The van der Waals surface area contributed by atoms with E-state index >= 15 is 0 Å². The van der Waals surface area contributed by atoms with Gasteiger partial charge in [0, 0.05) is 16.0 Å². The molecule has 28 heavy (non-hydrogen) atoms. The fourth-order valence-corrected chi connectivity index (χ4v) is 4.68. The van der Waals surface area contributed by atoms with Crippen LogP contribution >= 0.6 is 51.1 Å². The van der Waals surface area contributed by atoms with Gasteiger partial charge in [0.15, 0.2) is 5.09 Å². The van der Waals surface area contributed by atoms with E-state index in [0.29, 0.717) is 20.3 Å². The molecule has 2 amide bonds. The van der Waals surface area contributed by atoms with Crippen molar-refractivity contribution in [1.29, 1.82) is 0 Å². The Balaban J connectivity index is 1.80. The molecule has 0 N–H and O–H groups in total. The molecule has 1 aromatic heterocycles. The number of halogens is 2. The third-order valence-electron chi connectivity index (χ3n) is 3.73. The monoisotopic (exact) mass is 501 g/mol. The second-order valence-electron chi connectivity index (χ2n) is 5.59. The van der Waals surface area contributed by atoms with Crippen LogP contribution in [0.2, 0.25) is 5.02 Å². The number of carbonyl (C=O) groups is 3. The van der Waals surface area contributed by atoms with E-state index in [0.717, 1.165) is 21.6 Å². The average Bonchev–Trinajstić information content (AvgIpc) is 3.14. The smallest absolute Gasteiger partial charge is 0.328 e. The van der Waals surface area contributed by atoms with E-state index in [1.54, 1.807) is 18.2 Å². The van der Waals surface area contributed by atoms with Gasteiger partial charge in [-0.15, -0.1) is 0 Å². The summed E-state index contributed by atoms with van der Waals surface area (Å²) in [4.78, 5) is 38.3. The highest BCUT2D eigenvalue weighted by molar-refractivity contribution is 9.10. The van der Waals surface area contributed by atoms with Crippen LogP contribution in [0.5, 0.6) is 0 Å². The second-order valence-corrected chi connectivity index (χ2v) is 8.92. The Labute approximate surface area is 182 Å². The molecule has 0 unspecified atom stereocenters. The molecule has 1 aliphatic rings. The molecule has 0 aliphatic carbocycles. The summed E-state index contributed by atoms with van der Waals surface area (Å²) in [6.07, 6.45) is 1.48. The lowest BCUT2D eigenvalue weighted by molar-refractivity contribution is -0.148. The number of furan rings is 1. The quantitative estimate of drug-likeness (QED) is 0.398. The fourth-order valence-electron chi connectivity index (χ4n) is 2.34. The van der Waals surface area contributed by atoms with Crippen molar-refractivity contribution in [1.82, 2.24) is 4.90 Å². The molecule has 0 saturated carbocycles. The van der Waals surface area contributed by atoms with Gasteiger partial charge in [0.1, 0.15) is 11.8 Å². The van der Waals surface area contributed by atoms with Gasteiger partial charge in [0.2, 0.25) is 0 Å². The van der Waals surface area contributed by atoms with Crippen molar-refractivity contribution in [3.05, 3.63) is 50.5 Å². The van der Waals surface area contributed by atoms with Crippen LogP contribution < -0.4 is 0 Å². The standard InChI is InChI=1S/C18H13BrClNO5S2/c1-9(16(23)25-2)21-15(22)14(28-18(21)24)8-11-7-13(19)17(26-11)27-12-5-3-10(20)4-6-12/h3-9H,1-2H3/b14-8+/t9-/m1/s1. The number of carbonyl (C=O) groups excluding carboxylic acids is 3. The highest BCUT2D eigenvalue weighted by Crippen LogP contribution is 2.39. The van der Waals surface area contributed by atoms with Crippen molar-refractivity contribution < 1.29 is 23.5 Å². The van der Waals surface area contributed by atoms with Crippen molar-refractivity contribution in [2.45, 2.75) is 23.0 Å². The third-order valence-corrected chi connectivity index (χ3v) is 6.71. The summed E-state index contributed by atoms with van der Waals surface area (Å²) in [5, 5.41) is 0.701. The van der Waals surface area contributed by atoms with Crippen molar-refractivity contribution in [2.75, 3.05) is 7.11 Å². The predicted molar refractivity (Wildman–Crippen MR) is 111 cm³/mol. The Hall–Kier alpha value is -1.68. The SMILES string of the molecule is COC(=O)[C@@H](C)N1C(=O)S/C(=C/c2cc(Br)c(Sc3ccc(Cl)cc3)o2)C1=O. The van der Waals surface area contributed by atoms with E-state index in [1.165, 1.54) is 31.9 Å². The van der Waals surface area contributed by atoms with Gasteiger partial charge in [0.05, 0.1) is 16.5 Å². The zero-order chi connectivity index (χ0) is 20.4. The molecule has 2 heterocycles. The number of benzene rings is 1. The number of esters is 1. The lowest BCUT2D eigenvalue weighted by Crippen LogP contribution is -2.42. The van der Waals surface area contributed by atoms with E-state index in [2.05, 4.69) is 20.7 Å². The zero-order valence-corrected chi connectivity index (χ0v) is 18.6. The Morgan fingerprint density at radius 3 is 2.68 bits per heavy atom. The molecule has 2 aromatic rings. The molecule has 1 atom stereocenters. The Kier molecular flexibility index (Phi) is 6.59. The first-order chi connectivity index (χ1) is 13.3. The van der Waals surface area contributed by atoms with Crippen LogP contribution in [0.3, 0.4) is 0 Å². The molecule has 0 spiro atoms. The van der Waals surface area contributed by atoms with Gasteiger partial charge >= 0.3 is 5.97 Å². The summed E-state index contributed by atoms with van der Waals surface area (Å²) >= 11 is 11.4. The number of ether oxygens (including phenoxy) is 1. The van der Waals surface area contributed by atoms with E-state index < -0.39 is 23.2 Å². The number of imide groups is 1. The first-order valence-corrected chi connectivity index (χ1v) is 10.7. The first-order valence-electron chi connectivity index (χ1n) is 7.87. The van der Waals surface area contributed by atoms with E-state index in [-0.39, 0.29) is 4.91 Å². The van der Waals surface area contributed by atoms with Gasteiger partial charge in [-0.25, -0.2) is 4.79 Å². The largest absolute Gasteiger partial charge is 0.467 e. The molecule has 10 heteroatoms. The van der Waals surface area contributed by atoms with Gasteiger partial charge in [-0.05, 0) is 64.9 Å². The molecular formula is C18H13BrClNO5S2. The molecule has 146 valence electrons. The highest BCUT2D eigenvalue weighted by atomic mass is 79.9. The first kappa shape index (κ1) is 21.0. The normalized spacial score (nSPS) is 16.7. The van der Waals surface area contributed by atoms with Crippen LogP contribution in [0.25, 0.3) is 6.08 Å². The van der Waals surface area contributed by atoms with Gasteiger partial charge in [-0.2, -0.15) is 0 Å². The van der Waals surface area contributed by atoms with Gasteiger partial charge in [-0.3, -0.25) is 14.5 Å². The number of rotatable bonds is 5. The number of thioether (sulfide) groups is 1. The highest BCUT2D eigenvalue weighted by Gasteiger charge is 2.41. The number of hydrogen-bond acceptors (Lipinski definition) is 7. The van der Waals surface area contributed by atoms with Crippen LogP contribution in [0, 0.1) is 0 Å². The van der Waals surface area contributed by atoms with E-state index in [1.807, 2.05) is 12.1 Å². The minimum absolute atomic E-state index is 0.171. The molecule has 0 bridgehead atoms. The van der Waals surface area contributed by atoms with E-state index in [9.17, 15) is 14.4 Å². The van der Waals surface area contributed by atoms with Crippen LogP contribution in [-0.2, 0) is 14.3 Å². The lowest BCUT2D eigenvalue weighted by atomic mass is 10.3. The maximum absolute atomic E-state index is 12.5. The minimum Gasteiger partial charge on any atom is -0.467 e. The number of amides is 2. The zero-order valence-electron chi connectivity index (χ0n) is 14.6. The van der Waals surface area contributed by atoms with E-state index in [4.69, 9.17) is 16.0 Å². The molecule has 0 radical (unpaired) electrons. The van der Waals surface area contributed by atoms with Crippen molar-refractivity contribution in [3.8, 4) is 0 Å². The summed E-state index contributed by atoms with van der Waals surface area (Å²) in [7, 11) is 1.20. The molecule has 1 aliphatic heterocycles. The molecule has 1 saturated heterocycles. The maximum atomic E-state index is 12.5. The van der Waals surface area contributed by atoms with Crippen LogP contribution in [0.15, 0.2) is 54.1 Å². The predicted octanol–water partition coefficient (Wildman–Crippen LogP) is 5.44. The van der Waals surface area contributed by atoms with Gasteiger partial charge < -0.3 is 9.15 Å². The molecule has 1 aromatic carbocycles. The number of nitrogens with zero attached hydrogens (tertiary/aromatic N) is 1. The number of hydrogen-bond donors (Lipinski definition) is 0.